The molecule has 0 bridgehead atoms. The van der Waals surface area contributed by atoms with Crippen LogP contribution in [0.25, 0.3) is 0 Å². The fourth-order valence-corrected chi connectivity index (χ4v) is 5.76. The number of nitrogens with zero attached hydrogens (tertiary/aromatic N) is 4. The molecule has 1 aliphatic heterocycles. The lowest BCUT2D eigenvalue weighted by molar-refractivity contribution is 0.0741. The monoisotopic (exact) mass is 558 g/mol. The molecule has 0 saturated carbocycles. The Morgan fingerprint density at radius 3 is 2.25 bits per heavy atom. The number of thiazole rings is 1. The maximum absolute atomic E-state index is 13.5. The van der Waals surface area contributed by atoms with Crippen molar-refractivity contribution in [2.24, 2.45) is 0 Å². The van der Waals surface area contributed by atoms with E-state index < -0.39 is 0 Å². The number of halogens is 1. The molecule has 1 amide bonds. The average Bonchev–Trinajstić information content (AvgIpc) is 3.44. The third kappa shape index (κ3) is 7.06. The highest BCUT2D eigenvalue weighted by atomic mass is 32.1. The van der Waals surface area contributed by atoms with Gasteiger partial charge in [-0.1, -0.05) is 54.1 Å². The molecule has 0 atom stereocenters. The summed E-state index contributed by atoms with van der Waals surface area (Å²) < 4.78 is 19.3. The van der Waals surface area contributed by atoms with Gasteiger partial charge in [-0.25, -0.2) is 9.37 Å². The first-order valence-electron chi connectivity index (χ1n) is 13.7. The van der Waals surface area contributed by atoms with Crippen LogP contribution in [-0.4, -0.2) is 53.5 Å². The van der Waals surface area contributed by atoms with Crippen LogP contribution >= 0.6 is 11.3 Å². The van der Waals surface area contributed by atoms with E-state index in [2.05, 4.69) is 47.1 Å². The number of amides is 1. The summed E-state index contributed by atoms with van der Waals surface area (Å²) in [6.07, 6.45) is 0. The molecule has 4 aromatic rings. The summed E-state index contributed by atoms with van der Waals surface area (Å²) in [7, 11) is 0. The lowest BCUT2D eigenvalue weighted by Crippen LogP contribution is -2.49. The van der Waals surface area contributed by atoms with E-state index in [1.165, 1.54) is 34.6 Å². The van der Waals surface area contributed by atoms with E-state index in [9.17, 15) is 9.18 Å². The van der Waals surface area contributed by atoms with Gasteiger partial charge >= 0.3 is 0 Å². The van der Waals surface area contributed by atoms with Gasteiger partial charge in [0, 0.05) is 44.6 Å². The number of para-hydroxylation sites is 2. The summed E-state index contributed by atoms with van der Waals surface area (Å²) in [4.78, 5) is 24.5. The molecule has 8 heteroatoms. The molecule has 0 N–H and O–H groups in total. The van der Waals surface area contributed by atoms with Gasteiger partial charge in [0.05, 0.1) is 18.8 Å². The highest BCUT2D eigenvalue weighted by Crippen LogP contribution is 2.29. The van der Waals surface area contributed by atoms with Crippen LogP contribution in [0.1, 0.15) is 39.1 Å². The molecule has 0 aliphatic carbocycles. The summed E-state index contributed by atoms with van der Waals surface area (Å²) in [5.74, 6) is 0.616. The molecule has 208 valence electrons. The Morgan fingerprint density at radius 2 is 1.57 bits per heavy atom. The standard InChI is InChI=1S/C32H35FN4O2S/c1-3-39-30-7-5-4-6-29(30)36-16-18-37(19-17-36)32(38)28-23-40-31(34-28)22-35(20-25-10-8-24(2)9-11-25)21-26-12-14-27(33)15-13-26/h4-15,23H,3,16-22H2,1-2H3. The van der Waals surface area contributed by atoms with Crippen LogP contribution in [0.4, 0.5) is 10.1 Å². The van der Waals surface area contributed by atoms with Crippen molar-refractivity contribution in [3.63, 3.8) is 0 Å². The number of ether oxygens (including phenoxy) is 1. The predicted octanol–water partition coefficient (Wildman–Crippen LogP) is 6.15. The normalized spacial score (nSPS) is 13.6. The van der Waals surface area contributed by atoms with Crippen LogP contribution in [-0.2, 0) is 19.6 Å². The Bertz CT molecular complexity index is 1350. The smallest absolute Gasteiger partial charge is 0.273 e. The number of anilines is 1. The van der Waals surface area contributed by atoms with Crippen molar-refractivity contribution < 1.29 is 13.9 Å². The number of carbonyl (C=O) groups excluding carboxylic acids is 1. The maximum atomic E-state index is 13.5. The molecule has 5 rings (SSSR count). The summed E-state index contributed by atoms with van der Waals surface area (Å²) in [5.41, 5.74) is 5.02. The highest BCUT2D eigenvalue weighted by Gasteiger charge is 2.25. The first-order valence-corrected chi connectivity index (χ1v) is 14.6. The molecule has 0 unspecified atom stereocenters. The quantitative estimate of drug-likeness (QED) is 0.234. The van der Waals surface area contributed by atoms with Crippen molar-refractivity contribution in [2.75, 3.05) is 37.7 Å². The second-order valence-corrected chi connectivity index (χ2v) is 11.0. The average molecular weight is 559 g/mol. The molecule has 2 heterocycles. The third-order valence-corrected chi connectivity index (χ3v) is 7.88. The maximum Gasteiger partial charge on any atom is 0.273 e. The van der Waals surface area contributed by atoms with Gasteiger partial charge in [0.1, 0.15) is 22.3 Å². The Labute approximate surface area is 239 Å². The van der Waals surface area contributed by atoms with Crippen LogP contribution in [0.15, 0.2) is 78.2 Å². The van der Waals surface area contributed by atoms with Gasteiger partial charge in [-0.2, -0.15) is 0 Å². The summed E-state index contributed by atoms with van der Waals surface area (Å²) >= 11 is 1.51. The SMILES string of the molecule is CCOc1ccccc1N1CCN(C(=O)c2csc(CN(Cc3ccc(C)cc3)Cc3ccc(F)cc3)n2)CC1. The Hall–Kier alpha value is -3.75. The molecule has 0 spiro atoms. The number of piperazine rings is 1. The second kappa shape index (κ2) is 13.1. The Morgan fingerprint density at radius 1 is 0.925 bits per heavy atom. The number of hydrogen-bond donors (Lipinski definition) is 0. The van der Waals surface area contributed by atoms with Crippen molar-refractivity contribution in [1.82, 2.24) is 14.8 Å². The lowest BCUT2D eigenvalue weighted by atomic mass is 10.1. The van der Waals surface area contributed by atoms with Gasteiger partial charge < -0.3 is 14.5 Å². The van der Waals surface area contributed by atoms with Gasteiger partial charge in [-0.05, 0) is 49.2 Å². The Balaban J connectivity index is 1.23. The molecule has 1 aliphatic rings. The van der Waals surface area contributed by atoms with Crippen LogP contribution < -0.4 is 9.64 Å². The zero-order chi connectivity index (χ0) is 27.9. The third-order valence-electron chi connectivity index (χ3n) is 7.05. The molecule has 0 radical (unpaired) electrons. The van der Waals surface area contributed by atoms with E-state index in [1.807, 2.05) is 47.5 Å². The summed E-state index contributed by atoms with van der Waals surface area (Å²) in [6, 6.07) is 23.2. The van der Waals surface area contributed by atoms with Gasteiger partial charge in [0.2, 0.25) is 0 Å². The molecule has 1 saturated heterocycles. The molecule has 3 aromatic carbocycles. The second-order valence-electron chi connectivity index (χ2n) is 10.1. The minimum atomic E-state index is -0.240. The van der Waals surface area contributed by atoms with Crippen molar-refractivity contribution in [1.29, 1.82) is 0 Å². The number of rotatable bonds is 10. The number of aryl methyl sites for hydroxylation is 1. The molecular weight excluding hydrogens is 523 g/mol. The van der Waals surface area contributed by atoms with Crippen molar-refractivity contribution in [3.8, 4) is 5.75 Å². The van der Waals surface area contributed by atoms with E-state index in [4.69, 9.17) is 9.72 Å². The Kier molecular flexibility index (Phi) is 9.08. The van der Waals surface area contributed by atoms with E-state index in [1.54, 1.807) is 0 Å². The minimum Gasteiger partial charge on any atom is -0.492 e. The van der Waals surface area contributed by atoms with Crippen molar-refractivity contribution in [3.05, 3.63) is 111 Å². The number of carbonyl (C=O) groups is 1. The summed E-state index contributed by atoms with van der Waals surface area (Å²) in [5, 5.41) is 2.76. The van der Waals surface area contributed by atoms with Gasteiger partial charge in [0.15, 0.2) is 0 Å². The van der Waals surface area contributed by atoms with E-state index in [-0.39, 0.29) is 11.7 Å². The number of hydrogen-bond acceptors (Lipinski definition) is 6. The lowest BCUT2D eigenvalue weighted by Gasteiger charge is -2.36. The zero-order valence-corrected chi connectivity index (χ0v) is 23.9. The van der Waals surface area contributed by atoms with Crippen LogP contribution in [0.3, 0.4) is 0 Å². The van der Waals surface area contributed by atoms with Crippen molar-refractivity contribution >= 4 is 22.9 Å². The molecule has 6 nitrogen and oxygen atoms in total. The van der Waals surface area contributed by atoms with Gasteiger partial charge in [-0.15, -0.1) is 11.3 Å². The van der Waals surface area contributed by atoms with Gasteiger partial charge in [-0.3, -0.25) is 9.69 Å². The largest absolute Gasteiger partial charge is 0.492 e. The molecule has 1 fully saturated rings. The highest BCUT2D eigenvalue weighted by molar-refractivity contribution is 7.09. The fourth-order valence-electron chi connectivity index (χ4n) is 4.95. The molecule has 40 heavy (non-hydrogen) atoms. The first-order chi connectivity index (χ1) is 19.5. The molecular formula is C32H35FN4O2S. The fraction of sp³-hybridized carbons (Fsp3) is 0.312. The van der Waals surface area contributed by atoms with Crippen LogP contribution in [0, 0.1) is 12.7 Å². The summed E-state index contributed by atoms with van der Waals surface area (Å²) in [6.45, 7) is 9.43. The van der Waals surface area contributed by atoms with Crippen LogP contribution in [0.2, 0.25) is 0 Å². The van der Waals surface area contributed by atoms with E-state index >= 15 is 0 Å². The topological polar surface area (TPSA) is 48.9 Å². The molecule has 1 aromatic heterocycles. The zero-order valence-electron chi connectivity index (χ0n) is 23.1. The van der Waals surface area contributed by atoms with Crippen LogP contribution in [0.5, 0.6) is 5.75 Å². The van der Waals surface area contributed by atoms with E-state index in [0.717, 1.165) is 41.6 Å². The van der Waals surface area contributed by atoms with Crippen molar-refractivity contribution in [2.45, 2.75) is 33.5 Å². The van der Waals surface area contributed by atoms with Gasteiger partial charge in [0.25, 0.3) is 5.91 Å². The number of aromatic nitrogens is 1. The van der Waals surface area contributed by atoms with E-state index in [0.29, 0.717) is 38.5 Å². The number of benzene rings is 3. The minimum absolute atomic E-state index is 0.0242. The first kappa shape index (κ1) is 27.8. The predicted molar refractivity (Wildman–Crippen MR) is 158 cm³/mol.